The van der Waals surface area contributed by atoms with Gasteiger partial charge < -0.3 is 15.1 Å². The predicted molar refractivity (Wildman–Crippen MR) is 98.1 cm³/mol. The molecule has 2 aliphatic heterocycles. The van der Waals surface area contributed by atoms with Crippen molar-refractivity contribution in [1.82, 2.24) is 15.1 Å². The highest BCUT2D eigenvalue weighted by Gasteiger charge is 2.34. The first-order valence-electron chi connectivity index (χ1n) is 9.42. The third-order valence-corrected chi connectivity index (χ3v) is 5.41. The molecule has 3 rings (SSSR count). The van der Waals surface area contributed by atoms with Gasteiger partial charge in [0.1, 0.15) is 0 Å². The average molecular weight is 343 g/mol. The van der Waals surface area contributed by atoms with Crippen LogP contribution in [0.4, 0.5) is 0 Å². The summed E-state index contributed by atoms with van der Waals surface area (Å²) in [4.78, 5) is 29.3. The van der Waals surface area contributed by atoms with Crippen molar-refractivity contribution in [2.45, 2.75) is 25.7 Å². The maximum atomic E-state index is 12.8. The molecule has 0 bridgehead atoms. The zero-order valence-corrected chi connectivity index (χ0v) is 15.1. The van der Waals surface area contributed by atoms with Gasteiger partial charge in [0.25, 0.3) is 0 Å². The van der Waals surface area contributed by atoms with Crippen molar-refractivity contribution in [1.29, 1.82) is 0 Å². The summed E-state index contributed by atoms with van der Waals surface area (Å²) in [6.45, 7) is 4.04. The van der Waals surface area contributed by atoms with Crippen LogP contribution in [-0.4, -0.2) is 61.4 Å². The minimum atomic E-state index is -0.0261. The molecule has 5 nitrogen and oxygen atoms in total. The fourth-order valence-electron chi connectivity index (χ4n) is 4.03. The molecule has 2 fully saturated rings. The summed E-state index contributed by atoms with van der Waals surface area (Å²) in [7, 11) is 1.96. The number of likely N-dealkylation sites (tertiary alicyclic amines) is 2. The highest BCUT2D eigenvalue weighted by atomic mass is 16.2. The normalized spacial score (nSPS) is 23.7. The smallest absolute Gasteiger partial charge is 0.227 e. The Balaban J connectivity index is 1.54. The van der Waals surface area contributed by atoms with Crippen molar-refractivity contribution >= 4 is 11.8 Å². The summed E-state index contributed by atoms with van der Waals surface area (Å²) in [5.74, 6) is 0.921. The summed E-state index contributed by atoms with van der Waals surface area (Å²) in [6, 6.07) is 9.84. The molecular weight excluding hydrogens is 314 g/mol. The molecular formula is C20H29N3O2. The molecule has 0 aliphatic carbocycles. The Morgan fingerprint density at radius 1 is 1.08 bits per heavy atom. The van der Waals surface area contributed by atoms with Crippen LogP contribution in [-0.2, 0) is 16.0 Å². The first kappa shape index (κ1) is 17.9. The Morgan fingerprint density at radius 2 is 1.88 bits per heavy atom. The lowest BCUT2D eigenvalue weighted by Crippen LogP contribution is -2.46. The Hall–Kier alpha value is -1.88. The van der Waals surface area contributed by atoms with E-state index in [4.69, 9.17) is 0 Å². The second-order valence-electron chi connectivity index (χ2n) is 7.34. The van der Waals surface area contributed by atoms with E-state index in [0.717, 1.165) is 51.0 Å². The van der Waals surface area contributed by atoms with Crippen molar-refractivity contribution < 1.29 is 9.59 Å². The van der Waals surface area contributed by atoms with Gasteiger partial charge in [-0.1, -0.05) is 30.3 Å². The van der Waals surface area contributed by atoms with Crippen LogP contribution in [0.15, 0.2) is 30.3 Å². The molecule has 2 heterocycles. The number of carbonyl (C=O) groups excluding carboxylic acids is 2. The topological polar surface area (TPSA) is 52.7 Å². The average Bonchev–Trinajstić information content (AvgIpc) is 3.11. The maximum absolute atomic E-state index is 12.8. The number of rotatable bonds is 5. The highest BCUT2D eigenvalue weighted by Crippen LogP contribution is 2.23. The molecule has 0 aromatic heterocycles. The van der Waals surface area contributed by atoms with Crippen LogP contribution in [0.25, 0.3) is 0 Å². The highest BCUT2D eigenvalue weighted by molar-refractivity contribution is 5.82. The number of carbonyl (C=O) groups is 2. The molecule has 2 aliphatic rings. The molecule has 2 amide bonds. The van der Waals surface area contributed by atoms with E-state index in [9.17, 15) is 9.59 Å². The van der Waals surface area contributed by atoms with Gasteiger partial charge in [-0.3, -0.25) is 9.59 Å². The SMILES string of the molecule is CNCC1CCN(C(=O)C2CCCN(C(=O)Cc3ccccc3)C2)C1. The second-order valence-corrected chi connectivity index (χ2v) is 7.34. The lowest BCUT2D eigenvalue weighted by molar-refractivity contribution is -0.140. The van der Waals surface area contributed by atoms with Crippen LogP contribution in [0, 0.1) is 11.8 Å². The minimum Gasteiger partial charge on any atom is -0.342 e. The van der Waals surface area contributed by atoms with Crippen molar-refractivity contribution in [2.75, 3.05) is 39.8 Å². The van der Waals surface area contributed by atoms with Crippen LogP contribution in [0.5, 0.6) is 0 Å². The van der Waals surface area contributed by atoms with Gasteiger partial charge in [0.15, 0.2) is 0 Å². The van der Waals surface area contributed by atoms with Gasteiger partial charge in [0.05, 0.1) is 12.3 Å². The van der Waals surface area contributed by atoms with Crippen LogP contribution in [0.2, 0.25) is 0 Å². The number of hydrogen-bond acceptors (Lipinski definition) is 3. The largest absolute Gasteiger partial charge is 0.342 e. The third kappa shape index (κ3) is 4.60. The molecule has 0 radical (unpaired) electrons. The fourth-order valence-corrected chi connectivity index (χ4v) is 4.03. The zero-order valence-electron chi connectivity index (χ0n) is 15.1. The molecule has 2 saturated heterocycles. The summed E-state index contributed by atoms with van der Waals surface area (Å²) >= 11 is 0. The van der Waals surface area contributed by atoms with Crippen molar-refractivity contribution in [3.05, 3.63) is 35.9 Å². The maximum Gasteiger partial charge on any atom is 0.227 e. The van der Waals surface area contributed by atoms with E-state index in [1.54, 1.807) is 0 Å². The van der Waals surface area contributed by atoms with E-state index in [2.05, 4.69) is 5.32 Å². The van der Waals surface area contributed by atoms with Crippen LogP contribution >= 0.6 is 0 Å². The van der Waals surface area contributed by atoms with Gasteiger partial charge in [-0.2, -0.15) is 0 Å². The molecule has 1 N–H and O–H groups in total. The van der Waals surface area contributed by atoms with E-state index in [0.29, 0.717) is 18.9 Å². The van der Waals surface area contributed by atoms with E-state index in [1.807, 2.05) is 47.2 Å². The quantitative estimate of drug-likeness (QED) is 0.882. The van der Waals surface area contributed by atoms with E-state index in [1.165, 1.54) is 0 Å². The van der Waals surface area contributed by atoms with Crippen molar-refractivity contribution in [3.63, 3.8) is 0 Å². The summed E-state index contributed by atoms with van der Waals surface area (Å²) in [5, 5.41) is 3.20. The molecule has 2 unspecified atom stereocenters. The number of benzene rings is 1. The zero-order chi connectivity index (χ0) is 17.6. The first-order chi connectivity index (χ1) is 12.2. The van der Waals surface area contributed by atoms with Crippen LogP contribution in [0.1, 0.15) is 24.8 Å². The lowest BCUT2D eigenvalue weighted by atomic mass is 9.96. The number of piperidine rings is 1. The Bertz CT molecular complexity index is 590. The van der Waals surface area contributed by atoms with Gasteiger partial charge in [0, 0.05) is 26.2 Å². The standard InChI is InChI=1S/C20H29N3O2/c1-21-13-17-9-11-23(14-17)20(25)18-8-5-10-22(15-18)19(24)12-16-6-3-2-4-7-16/h2-4,6-7,17-18,21H,5,8-15H2,1H3. The number of hydrogen-bond donors (Lipinski definition) is 1. The second kappa shape index (κ2) is 8.48. The molecule has 136 valence electrons. The van der Waals surface area contributed by atoms with Crippen molar-refractivity contribution in [2.24, 2.45) is 11.8 Å². The number of amides is 2. The lowest BCUT2D eigenvalue weighted by Gasteiger charge is -2.34. The van der Waals surface area contributed by atoms with Gasteiger partial charge in [-0.25, -0.2) is 0 Å². The Labute approximate surface area is 150 Å². The molecule has 2 atom stereocenters. The van der Waals surface area contributed by atoms with Gasteiger partial charge in [-0.15, -0.1) is 0 Å². The van der Waals surface area contributed by atoms with Crippen LogP contribution < -0.4 is 5.32 Å². The first-order valence-corrected chi connectivity index (χ1v) is 9.42. The molecule has 1 aromatic rings. The van der Waals surface area contributed by atoms with Crippen LogP contribution in [0.3, 0.4) is 0 Å². The molecule has 0 saturated carbocycles. The Kier molecular flexibility index (Phi) is 6.08. The number of nitrogens with one attached hydrogen (secondary N) is 1. The summed E-state index contributed by atoms with van der Waals surface area (Å²) in [6.07, 6.45) is 3.33. The minimum absolute atomic E-state index is 0.0261. The van der Waals surface area contributed by atoms with E-state index >= 15 is 0 Å². The molecule has 25 heavy (non-hydrogen) atoms. The molecule has 1 aromatic carbocycles. The fraction of sp³-hybridized carbons (Fsp3) is 0.600. The van der Waals surface area contributed by atoms with Gasteiger partial charge in [-0.05, 0) is 44.3 Å². The van der Waals surface area contributed by atoms with Gasteiger partial charge >= 0.3 is 0 Å². The monoisotopic (exact) mass is 343 g/mol. The summed E-state index contributed by atoms with van der Waals surface area (Å²) < 4.78 is 0. The number of nitrogens with zero attached hydrogens (tertiary/aromatic N) is 2. The molecule has 5 heteroatoms. The summed E-state index contributed by atoms with van der Waals surface area (Å²) in [5.41, 5.74) is 1.04. The van der Waals surface area contributed by atoms with E-state index < -0.39 is 0 Å². The molecule has 0 spiro atoms. The van der Waals surface area contributed by atoms with E-state index in [-0.39, 0.29) is 17.7 Å². The third-order valence-electron chi connectivity index (χ3n) is 5.41. The predicted octanol–water partition coefficient (Wildman–Crippen LogP) is 1.54. The van der Waals surface area contributed by atoms with Gasteiger partial charge in [0.2, 0.25) is 11.8 Å². The van der Waals surface area contributed by atoms with Crippen molar-refractivity contribution in [3.8, 4) is 0 Å². The Morgan fingerprint density at radius 3 is 2.64 bits per heavy atom.